The lowest BCUT2D eigenvalue weighted by atomic mass is 10.1. The van der Waals surface area contributed by atoms with Crippen molar-refractivity contribution in [1.82, 2.24) is 9.29 Å². The molecule has 3 rings (SSSR count). The Labute approximate surface area is 164 Å². The number of benzene rings is 2. The lowest BCUT2D eigenvalue weighted by molar-refractivity contribution is 0.0439. The normalized spacial score (nSPS) is 11.9. The number of carbonyl (C=O) groups is 1. The molecule has 0 N–H and O–H groups in total. The molecule has 0 unspecified atom stereocenters. The van der Waals surface area contributed by atoms with Crippen LogP contribution in [0.25, 0.3) is 11.1 Å². The number of carbonyl (C=O) groups excluding carboxylic acids is 1. The van der Waals surface area contributed by atoms with Gasteiger partial charge in [0.25, 0.3) is 0 Å². The molecule has 0 saturated carbocycles. The molecule has 148 valence electrons. The molecule has 0 bridgehead atoms. The van der Waals surface area contributed by atoms with E-state index in [0.717, 1.165) is 0 Å². The standard InChI is InChI=1S/C20H22N2O5S/c1-4-22(5-2)28(24,25)15-11-10-14(3)16(12-15)20(23)26-13-19-21-17-8-6-7-9-18(17)27-19/h6-12H,4-5,13H2,1-3H3. The zero-order chi connectivity index (χ0) is 20.3. The van der Waals surface area contributed by atoms with Gasteiger partial charge in [0, 0.05) is 13.1 Å². The van der Waals surface area contributed by atoms with Gasteiger partial charge in [-0.25, -0.2) is 18.2 Å². The van der Waals surface area contributed by atoms with Crippen molar-refractivity contribution < 1.29 is 22.4 Å². The molecule has 0 saturated heterocycles. The predicted octanol–water partition coefficient (Wildman–Crippen LogP) is 3.52. The molecule has 2 aromatic carbocycles. The van der Waals surface area contributed by atoms with Crippen molar-refractivity contribution in [3.8, 4) is 0 Å². The average molecular weight is 402 g/mol. The van der Waals surface area contributed by atoms with Crippen molar-refractivity contribution in [1.29, 1.82) is 0 Å². The van der Waals surface area contributed by atoms with Crippen LogP contribution in [-0.2, 0) is 21.4 Å². The molecule has 0 amide bonds. The second kappa shape index (κ2) is 8.12. The van der Waals surface area contributed by atoms with Gasteiger partial charge in [-0.05, 0) is 36.8 Å². The Morgan fingerprint density at radius 1 is 1.14 bits per heavy atom. The molecule has 0 atom stereocenters. The second-order valence-corrected chi connectivity index (χ2v) is 8.16. The second-order valence-electron chi connectivity index (χ2n) is 6.22. The van der Waals surface area contributed by atoms with Gasteiger partial charge in [0.1, 0.15) is 5.52 Å². The van der Waals surface area contributed by atoms with Gasteiger partial charge < -0.3 is 9.15 Å². The highest BCUT2D eigenvalue weighted by Crippen LogP contribution is 2.21. The fourth-order valence-corrected chi connectivity index (χ4v) is 4.37. The number of hydrogen-bond donors (Lipinski definition) is 0. The van der Waals surface area contributed by atoms with Crippen LogP contribution in [0.2, 0.25) is 0 Å². The van der Waals surface area contributed by atoms with Crippen LogP contribution in [0.15, 0.2) is 51.8 Å². The first-order valence-corrected chi connectivity index (χ1v) is 10.4. The van der Waals surface area contributed by atoms with Gasteiger partial charge >= 0.3 is 5.97 Å². The Hall–Kier alpha value is -2.71. The number of ether oxygens (including phenoxy) is 1. The van der Waals surface area contributed by atoms with E-state index in [9.17, 15) is 13.2 Å². The van der Waals surface area contributed by atoms with Gasteiger partial charge in [-0.1, -0.05) is 32.0 Å². The van der Waals surface area contributed by atoms with E-state index >= 15 is 0 Å². The maximum atomic E-state index is 12.7. The van der Waals surface area contributed by atoms with E-state index < -0.39 is 16.0 Å². The molecule has 0 aliphatic rings. The Balaban J connectivity index is 1.81. The van der Waals surface area contributed by atoms with Crippen molar-refractivity contribution in [2.45, 2.75) is 32.3 Å². The van der Waals surface area contributed by atoms with Crippen molar-refractivity contribution in [2.24, 2.45) is 0 Å². The fourth-order valence-electron chi connectivity index (χ4n) is 2.88. The van der Waals surface area contributed by atoms with E-state index in [1.165, 1.54) is 16.4 Å². The number of aromatic nitrogens is 1. The SMILES string of the molecule is CCN(CC)S(=O)(=O)c1ccc(C)c(C(=O)OCc2nc3ccccc3o2)c1. The third-order valence-electron chi connectivity index (χ3n) is 4.44. The van der Waals surface area contributed by atoms with Crippen LogP contribution in [0.4, 0.5) is 0 Å². The maximum absolute atomic E-state index is 12.7. The number of esters is 1. The number of oxazole rings is 1. The molecule has 3 aromatic rings. The summed E-state index contributed by atoms with van der Waals surface area (Å²) in [5, 5.41) is 0. The first-order chi connectivity index (χ1) is 13.4. The molecular weight excluding hydrogens is 380 g/mol. The van der Waals surface area contributed by atoms with E-state index in [0.29, 0.717) is 29.8 Å². The highest BCUT2D eigenvalue weighted by molar-refractivity contribution is 7.89. The van der Waals surface area contributed by atoms with Crippen LogP contribution < -0.4 is 0 Å². The fraction of sp³-hybridized carbons (Fsp3) is 0.300. The minimum atomic E-state index is -3.66. The first kappa shape index (κ1) is 20.0. The number of fused-ring (bicyclic) bond motifs is 1. The molecule has 0 aliphatic heterocycles. The summed E-state index contributed by atoms with van der Waals surface area (Å²) >= 11 is 0. The molecule has 8 heteroatoms. The summed E-state index contributed by atoms with van der Waals surface area (Å²) in [7, 11) is -3.66. The Morgan fingerprint density at radius 2 is 1.86 bits per heavy atom. The largest absolute Gasteiger partial charge is 0.452 e. The zero-order valence-corrected chi connectivity index (χ0v) is 16.8. The number of aryl methyl sites for hydroxylation is 1. The molecule has 1 heterocycles. The topological polar surface area (TPSA) is 89.7 Å². The van der Waals surface area contributed by atoms with E-state index in [1.807, 2.05) is 12.1 Å². The Bertz CT molecular complexity index is 1070. The predicted molar refractivity (Wildman–Crippen MR) is 104 cm³/mol. The Morgan fingerprint density at radius 3 is 2.54 bits per heavy atom. The monoisotopic (exact) mass is 402 g/mol. The third-order valence-corrected chi connectivity index (χ3v) is 6.48. The smallest absolute Gasteiger partial charge is 0.338 e. The van der Waals surface area contributed by atoms with E-state index in [1.54, 1.807) is 39.0 Å². The van der Waals surface area contributed by atoms with Gasteiger partial charge in [0.05, 0.1) is 10.5 Å². The summed E-state index contributed by atoms with van der Waals surface area (Å²) in [4.78, 5) is 16.9. The van der Waals surface area contributed by atoms with Crippen LogP contribution in [0.3, 0.4) is 0 Å². The van der Waals surface area contributed by atoms with Gasteiger partial charge in [-0.15, -0.1) is 0 Å². The van der Waals surface area contributed by atoms with Crippen LogP contribution in [0.5, 0.6) is 0 Å². The van der Waals surface area contributed by atoms with Crippen molar-refractivity contribution in [3.05, 3.63) is 59.5 Å². The molecule has 0 radical (unpaired) electrons. The number of hydrogen-bond acceptors (Lipinski definition) is 6. The lowest BCUT2D eigenvalue weighted by Gasteiger charge is -2.19. The summed E-state index contributed by atoms with van der Waals surface area (Å²) in [5.74, 6) is -0.351. The lowest BCUT2D eigenvalue weighted by Crippen LogP contribution is -2.30. The zero-order valence-electron chi connectivity index (χ0n) is 16.0. The summed E-state index contributed by atoms with van der Waals surface area (Å²) < 4.78 is 37.6. The van der Waals surface area contributed by atoms with Gasteiger partial charge in [-0.2, -0.15) is 4.31 Å². The van der Waals surface area contributed by atoms with Crippen molar-refractivity contribution >= 4 is 27.1 Å². The van der Waals surface area contributed by atoms with E-state index in [-0.39, 0.29) is 23.0 Å². The summed E-state index contributed by atoms with van der Waals surface area (Å²) in [6.07, 6.45) is 0. The van der Waals surface area contributed by atoms with Gasteiger partial charge in [0.2, 0.25) is 15.9 Å². The van der Waals surface area contributed by atoms with Gasteiger partial charge in [-0.3, -0.25) is 0 Å². The van der Waals surface area contributed by atoms with Crippen molar-refractivity contribution in [3.63, 3.8) is 0 Å². The maximum Gasteiger partial charge on any atom is 0.338 e. The third kappa shape index (κ3) is 3.93. The first-order valence-electron chi connectivity index (χ1n) is 8.99. The summed E-state index contributed by atoms with van der Waals surface area (Å²) in [6.45, 7) is 5.83. The summed E-state index contributed by atoms with van der Waals surface area (Å²) in [6, 6.07) is 11.7. The van der Waals surface area contributed by atoms with Gasteiger partial charge in [0.15, 0.2) is 12.2 Å². The molecule has 0 spiro atoms. The molecular formula is C20H22N2O5S. The molecule has 1 aromatic heterocycles. The van der Waals surface area contributed by atoms with Crippen LogP contribution in [0, 0.1) is 6.92 Å². The molecule has 0 fully saturated rings. The van der Waals surface area contributed by atoms with Crippen LogP contribution >= 0.6 is 0 Å². The molecule has 0 aliphatic carbocycles. The van der Waals surface area contributed by atoms with Crippen molar-refractivity contribution in [2.75, 3.05) is 13.1 Å². The Kier molecular flexibility index (Phi) is 5.81. The van der Waals surface area contributed by atoms with E-state index in [4.69, 9.17) is 9.15 Å². The molecule has 7 nitrogen and oxygen atoms in total. The highest BCUT2D eigenvalue weighted by Gasteiger charge is 2.24. The quantitative estimate of drug-likeness (QED) is 0.562. The number of para-hydroxylation sites is 2. The van der Waals surface area contributed by atoms with Crippen LogP contribution in [0.1, 0.15) is 35.7 Å². The van der Waals surface area contributed by atoms with Crippen LogP contribution in [-0.4, -0.2) is 36.8 Å². The highest BCUT2D eigenvalue weighted by atomic mass is 32.2. The minimum Gasteiger partial charge on any atom is -0.452 e. The minimum absolute atomic E-state index is 0.0654. The average Bonchev–Trinajstić information content (AvgIpc) is 3.10. The summed E-state index contributed by atoms with van der Waals surface area (Å²) in [5.41, 5.74) is 2.11. The molecule has 28 heavy (non-hydrogen) atoms. The number of rotatable bonds is 7. The van der Waals surface area contributed by atoms with E-state index in [2.05, 4.69) is 4.98 Å². The number of sulfonamides is 1. The number of nitrogens with zero attached hydrogens (tertiary/aromatic N) is 2.